The van der Waals surface area contributed by atoms with Crippen molar-refractivity contribution in [1.82, 2.24) is 0 Å². The smallest absolute Gasteiger partial charge is 0.119 e. The Bertz CT molecular complexity index is 431. The van der Waals surface area contributed by atoms with Crippen LogP contribution < -0.4 is 5.73 Å². The van der Waals surface area contributed by atoms with Crippen molar-refractivity contribution in [2.24, 2.45) is 5.73 Å². The summed E-state index contributed by atoms with van der Waals surface area (Å²) in [5, 5.41) is 10.2. The Morgan fingerprint density at radius 3 is 2.24 bits per heavy atom. The summed E-state index contributed by atoms with van der Waals surface area (Å²) < 4.78 is 0. The van der Waals surface area contributed by atoms with E-state index in [0.717, 1.165) is 18.4 Å². The number of hydrogen-bond donors (Lipinski definition) is 2. The molecule has 2 rings (SSSR count). The van der Waals surface area contributed by atoms with E-state index in [2.05, 4.69) is 26.8 Å². The van der Waals surface area contributed by atoms with Crippen molar-refractivity contribution in [2.75, 3.05) is 0 Å². The zero-order chi connectivity index (χ0) is 12.8. The molecule has 1 atom stereocenters. The first-order valence-electron chi connectivity index (χ1n) is 6.48. The zero-order valence-corrected chi connectivity index (χ0v) is 11.2. The molecule has 1 fully saturated rings. The van der Waals surface area contributed by atoms with E-state index < -0.39 is 0 Å². The fourth-order valence-corrected chi connectivity index (χ4v) is 2.83. The van der Waals surface area contributed by atoms with Gasteiger partial charge in [0.05, 0.1) is 0 Å². The van der Waals surface area contributed by atoms with Crippen LogP contribution in [0.1, 0.15) is 56.2 Å². The second-order valence-corrected chi connectivity index (χ2v) is 5.83. The Labute approximate surface area is 104 Å². The van der Waals surface area contributed by atoms with Crippen LogP contribution in [0.4, 0.5) is 0 Å². The lowest BCUT2D eigenvalue weighted by Crippen LogP contribution is -2.31. The summed E-state index contributed by atoms with van der Waals surface area (Å²) in [6.07, 6.45) is 2.19. The molecule has 0 aromatic heterocycles. The SMILES string of the molecule is Cc1cc(O)c(C2(C(C)N)CC2)cc1C(C)C. The average Bonchev–Trinajstić information content (AvgIpc) is 2.97. The maximum Gasteiger partial charge on any atom is 0.119 e. The summed E-state index contributed by atoms with van der Waals surface area (Å²) in [6.45, 7) is 8.48. The lowest BCUT2D eigenvalue weighted by Gasteiger charge is -2.23. The van der Waals surface area contributed by atoms with Gasteiger partial charge in [-0.3, -0.25) is 0 Å². The minimum atomic E-state index is 0.0292. The number of benzene rings is 1. The van der Waals surface area contributed by atoms with E-state index in [1.54, 1.807) is 0 Å². The molecule has 3 N–H and O–H groups in total. The minimum Gasteiger partial charge on any atom is -0.508 e. The first-order valence-corrected chi connectivity index (χ1v) is 6.48. The molecule has 0 saturated heterocycles. The molecule has 94 valence electrons. The lowest BCUT2D eigenvalue weighted by atomic mass is 9.84. The third-order valence-electron chi connectivity index (χ3n) is 4.20. The van der Waals surface area contributed by atoms with Gasteiger partial charge in [-0.2, -0.15) is 0 Å². The normalized spacial score (nSPS) is 19.4. The lowest BCUT2D eigenvalue weighted by molar-refractivity contribution is 0.445. The Kier molecular flexibility index (Phi) is 2.94. The molecule has 1 aliphatic rings. The van der Waals surface area contributed by atoms with Crippen molar-refractivity contribution in [3.8, 4) is 5.75 Å². The molecular weight excluding hydrogens is 210 g/mol. The van der Waals surface area contributed by atoms with Gasteiger partial charge in [0.15, 0.2) is 0 Å². The van der Waals surface area contributed by atoms with Gasteiger partial charge in [-0.1, -0.05) is 19.9 Å². The van der Waals surface area contributed by atoms with E-state index in [1.165, 1.54) is 11.1 Å². The van der Waals surface area contributed by atoms with E-state index in [1.807, 2.05) is 13.0 Å². The van der Waals surface area contributed by atoms with Crippen LogP contribution in [0.2, 0.25) is 0 Å². The molecule has 0 heterocycles. The van der Waals surface area contributed by atoms with Crippen molar-refractivity contribution < 1.29 is 5.11 Å². The van der Waals surface area contributed by atoms with Crippen LogP contribution >= 0.6 is 0 Å². The molecule has 0 radical (unpaired) electrons. The van der Waals surface area contributed by atoms with Crippen molar-refractivity contribution in [1.29, 1.82) is 0 Å². The summed E-state index contributed by atoms with van der Waals surface area (Å²) in [7, 11) is 0. The van der Waals surface area contributed by atoms with Crippen LogP contribution in [0.3, 0.4) is 0 Å². The van der Waals surface area contributed by atoms with Crippen LogP contribution in [-0.4, -0.2) is 11.1 Å². The Balaban J connectivity index is 2.52. The number of hydrogen-bond acceptors (Lipinski definition) is 2. The van der Waals surface area contributed by atoms with Gasteiger partial charge in [0.25, 0.3) is 0 Å². The highest BCUT2D eigenvalue weighted by Gasteiger charge is 2.49. The molecule has 17 heavy (non-hydrogen) atoms. The van der Waals surface area contributed by atoms with Crippen LogP contribution in [0.15, 0.2) is 12.1 Å². The molecule has 1 aromatic carbocycles. The maximum absolute atomic E-state index is 10.2. The van der Waals surface area contributed by atoms with Gasteiger partial charge in [0, 0.05) is 17.0 Å². The first kappa shape index (κ1) is 12.4. The summed E-state index contributed by atoms with van der Waals surface area (Å²) in [5.41, 5.74) is 9.67. The minimum absolute atomic E-state index is 0.0292. The fourth-order valence-electron chi connectivity index (χ4n) is 2.83. The standard InChI is InChI=1S/C15H23NO/c1-9(2)12-8-13(14(17)7-10(12)3)15(5-6-15)11(4)16/h7-9,11,17H,5-6,16H2,1-4H3. The molecule has 2 nitrogen and oxygen atoms in total. The number of phenolic OH excluding ortho intramolecular Hbond substituents is 1. The Hall–Kier alpha value is -1.02. The van der Waals surface area contributed by atoms with Gasteiger partial charge >= 0.3 is 0 Å². The third kappa shape index (κ3) is 1.95. The molecular formula is C15H23NO. The van der Waals surface area contributed by atoms with Crippen LogP contribution in [-0.2, 0) is 5.41 Å². The van der Waals surface area contributed by atoms with E-state index in [0.29, 0.717) is 11.7 Å². The second-order valence-electron chi connectivity index (χ2n) is 5.83. The predicted molar refractivity (Wildman–Crippen MR) is 71.5 cm³/mol. The van der Waals surface area contributed by atoms with Crippen molar-refractivity contribution in [3.63, 3.8) is 0 Å². The molecule has 0 aliphatic heterocycles. The largest absolute Gasteiger partial charge is 0.508 e. The van der Waals surface area contributed by atoms with E-state index in [-0.39, 0.29) is 11.5 Å². The molecule has 2 heteroatoms. The average molecular weight is 233 g/mol. The summed E-state index contributed by atoms with van der Waals surface area (Å²) in [6, 6.07) is 4.18. The molecule has 0 amide bonds. The molecule has 1 saturated carbocycles. The zero-order valence-electron chi connectivity index (χ0n) is 11.2. The van der Waals surface area contributed by atoms with Gasteiger partial charge in [0.1, 0.15) is 5.75 Å². The Morgan fingerprint density at radius 2 is 1.82 bits per heavy atom. The Morgan fingerprint density at radius 1 is 1.24 bits per heavy atom. The third-order valence-corrected chi connectivity index (χ3v) is 4.20. The van der Waals surface area contributed by atoms with E-state index in [4.69, 9.17) is 5.73 Å². The molecule has 0 bridgehead atoms. The summed E-state index contributed by atoms with van der Waals surface area (Å²) in [5.74, 6) is 0.903. The highest BCUT2D eigenvalue weighted by Crippen LogP contribution is 2.53. The predicted octanol–water partition coefficient (Wildman–Crippen LogP) is 3.20. The highest BCUT2D eigenvalue weighted by atomic mass is 16.3. The van der Waals surface area contributed by atoms with Gasteiger partial charge in [-0.15, -0.1) is 0 Å². The fraction of sp³-hybridized carbons (Fsp3) is 0.600. The van der Waals surface area contributed by atoms with Crippen LogP contribution in [0, 0.1) is 6.92 Å². The molecule has 1 unspecified atom stereocenters. The summed E-state index contributed by atoms with van der Waals surface area (Å²) >= 11 is 0. The van der Waals surface area contributed by atoms with Crippen LogP contribution in [0.5, 0.6) is 5.75 Å². The molecule has 1 aromatic rings. The van der Waals surface area contributed by atoms with Crippen molar-refractivity contribution >= 4 is 0 Å². The number of aromatic hydroxyl groups is 1. The van der Waals surface area contributed by atoms with Crippen molar-refractivity contribution in [3.05, 3.63) is 28.8 Å². The molecule has 0 spiro atoms. The first-order chi connectivity index (χ1) is 7.88. The van der Waals surface area contributed by atoms with Crippen molar-refractivity contribution in [2.45, 2.75) is 57.9 Å². The number of aryl methyl sites for hydroxylation is 1. The highest BCUT2D eigenvalue weighted by molar-refractivity contribution is 5.49. The van der Waals surface area contributed by atoms with Gasteiger partial charge in [-0.05, 0) is 49.8 Å². The maximum atomic E-state index is 10.2. The quantitative estimate of drug-likeness (QED) is 0.842. The van der Waals surface area contributed by atoms with Gasteiger partial charge in [0.2, 0.25) is 0 Å². The number of rotatable bonds is 3. The van der Waals surface area contributed by atoms with E-state index >= 15 is 0 Å². The van der Waals surface area contributed by atoms with Gasteiger partial charge < -0.3 is 10.8 Å². The molecule has 1 aliphatic carbocycles. The van der Waals surface area contributed by atoms with Gasteiger partial charge in [-0.25, -0.2) is 0 Å². The number of phenols is 1. The monoisotopic (exact) mass is 233 g/mol. The van der Waals surface area contributed by atoms with Crippen LogP contribution in [0.25, 0.3) is 0 Å². The van der Waals surface area contributed by atoms with E-state index in [9.17, 15) is 5.11 Å². The number of nitrogens with two attached hydrogens (primary N) is 1. The topological polar surface area (TPSA) is 46.2 Å². The second kappa shape index (κ2) is 4.02. The summed E-state index contributed by atoms with van der Waals surface area (Å²) in [4.78, 5) is 0.